The van der Waals surface area contributed by atoms with Crippen molar-refractivity contribution in [3.8, 4) is 0 Å². The zero-order chi connectivity index (χ0) is 14.0. The Kier molecular flexibility index (Phi) is 4.16. The van der Waals surface area contributed by atoms with Crippen LogP contribution in [0, 0.1) is 6.92 Å². The largest absolute Gasteiger partial charge is 0.363 e. The van der Waals surface area contributed by atoms with Gasteiger partial charge in [0.15, 0.2) is 0 Å². The molecule has 2 rings (SSSR count). The lowest BCUT2D eigenvalue weighted by Crippen LogP contribution is -2.64. The van der Waals surface area contributed by atoms with Gasteiger partial charge in [0.2, 0.25) is 0 Å². The Bertz CT molecular complexity index is 428. The van der Waals surface area contributed by atoms with Crippen LogP contribution >= 0.6 is 0 Å². The summed E-state index contributed by atoms with van der Waals surface area (Å²) in [6.07, 6.45) is 0. The van der Waals surface area contributed by atoms with E-state index < -0.39 is 0 Å². The minimum atomic E-state index is 0.172. The molecule has 0 aliphatic carbocycles. The molecule has 106 valence electrons. The first-order chi connectivity index (χ1) is 8.95. The normalized spacial score (nSPS) is 23.6. The molecule has 1 aliphatic rings. The van der Waals surface area contributed by atoms with Crippen molar-refractivity contribution in [2.45, 2.75) is 32.4 Å². The van der Waals surface area contributed by atoms with Crippen molar-refractivity contribution in [2.24, 2.45) is 0 Å². The van der Waals surface area contributed by atoms with E-state index in [-0.39, 0.29) is 5.54 Å². The Labute approximate surface area is 117 Å². The zero-order valence-corrected chi connectivity index (χ0v) is 12.9. The van der Waals surface area contributed by atoms with Gasteiger partial charge in [0.1, 0.15) is 0 Å². The highest BCUT2D eigenvalue weighted by Gasteiger charge is 2.37. The third-order valence-electron chi connectivity index (χ3n) is 4.23. The fraction of sp³-hybridized carbons (Fsp3) is 0.625. The van der Waals surface area contributed by atoms with Crippen LogP contribution in [0.2, 0.25) is 0 Å². The molecule has 0 aromatic heterocycles. The van der Waals surface area contributed by atoms with E-state index in [0.717, 1.165) is 19.6 Å². The van der Waals surface area contributed by atoms with Crippen molar-refractivity contribution in [1.29, 1.82) is 0 Å². The van der Waals surface area contributed by atoms with Gasteiger partial charge in [-0.25, -0.2) is 0 Å². The van der Waals surface area contributed by atoms with Crippen molar-refractivity contribution in [3.05, 3.63) is 29.8 Å². The highest BCUT2D eigenvalue weighted by atomic mass is 15.3. The van der Waals surface area contributed by atoms with E-state index in [9.17, 15) is 0 Å². The van der Waals surface area contributed by atoms with E-state index in [1.54, 1.807) is 0 Å². The van der Waals surface area contributed by atoms with E-state index >= 15 is 0 Å². The molecule has 0 spiro atoms. The minimum Gasteiger partial charge on any atom is -0.363 e. The van der Waals surface area contributed by atoms with Crippen LogP contribution in [0.4, 0.5) is 5.69 Å². The van der Waals surface area contributed by atoms with Gasteiger partial charge in [-0.2, -0.15) is 0 Å². The number of benzene rings is 1. The number of nitrogens with zero attached hydrogens (tertiary/aromatic N) is 2. The van der Waals surface area contributed by atoms with Crippen molar-refractivity contribution in [3.63, 3.8) is 0 Å². The van der Waals surface area contributed by atoms with Crippen LogP contribution in [-0.2, 0) is 0 Å². The average molecular weight is 261 g/mol. The lowest BCUT2D eigenvalue weighted by atomic mass is 9.94. The second-order valence-corrected chi connectivity index (χ2v) is 6.34. The molecular weight excluding hydrogens is 234 g/mol. The molecule has 0 radical (unpaired) electrons. The standard InChI is InChI=1S/C16H27N3/c1-13-8-6-7-9-15(13)19-11-14(10-17-4)18(5)12-16(19,2)3/h6-9,14,17H,10-12H2,1-5H3. The third-order valence-corrected chi connectivity index (χ3v) is 4.23. The summed E-state index contributed by atoms with van der Waals surface area (Å²) < 4.78 is 0. The van der Waals surface area contributed by atoms with Crippen LogP contribution in [-0.4, -0.2) is 50.2 Å². The SMILES string of the molecule is CNCC1CN(c2ccccc2C)C(C)(C)CN1C. The number of rotatable bonds is 3. The van der Waals surface area contributed by atoms with Crippen LogP contribution in [0.5, 0.6) is 0 Å². The van der Waals surface area contributed by atoms with Crippen LogP contribution in [0.1, 0.15) is 19.4 Å². The molecule has 1 aromatic carbocycles. The molecule has 0 saturated carbocycles. The Morgan fingerprint density at radius 1 is 1.32 bits per heavy atom. The van der Waals surface area contributed by atoms with Crippen LogP contribution < -0.4 is 10.2 Å². The second kappa shape index (κ2) is 5.51. The third kappa shape index (κ3) is 2.93. The molecule has 1 aromatic rings. The Morgan fingerprint density at radius 3 is 2.63 bits per heavy atom. The molecule has 1 unspecified atom stereocenters. The predicted octanol–water partition coefficient (Wildman–Crippen LogP) is 2.11. The minimum absolute atomic E-state index is 0.172. The topological polar surface area (TPSA) is 18.5 Å². The van der Waals surface area contributed by atoms with Crippen molar-refractivity contribution < 1.29 is 0 Å². The summed E-state index contributed by atoms with van der Waals surface area (Å²) >= 11 is 0. The van der Waals surface area contributed by atoms with Gasteiger partial charge in [0.05, 0.1) is 0 Å². The van der Waals surface area contributed by atoms with Gasteiger partial charge in [0, 0.05) is 36.9 Å². The number of anilines is 1. The maximum atomic E-state index is 3.31. The maximum absolute atomic E-state index is 3.31. The number of hydrogen-bond acceptors (Lipinski definition) is 3. The lowest BCUT2D eigenvalue weighted by molar-refractivity contribution is 0.150. The molecule has 3 heteroatoms. The molecule has 1 heterocycles. The molecule has 1 N–H and O–H groups in total. The summed E-state index contributed by atoms with van der Waals surface area (Å²) in [5, 5.41) is 3.31. The number of nitrogens with one attached hydrogen (secondary N) is 1. The first kappa shape index (κ1) is 14.4. The van der Waals surface area contributed by atoms with E-state index in [2.05, 4.69) is 67.2 Å². The predicted molar refractivity (Wildman–Crippen MR) is 82.9 cm³/mol. The molecule has 1 saturated heterocycles. The van der Waals surface area contributed by atoms with Crippen molar-refractivity contribution in [2.75, 3.05) is 38.6 Å². The molecule has 1 fully saturated rings. The van der Waals surface area contributed by atoms with Crippen LogP contribution in [0.3, 0.4) is 0 Å². The summed E-state index contributed by atoms with van der Waals surface area (Å²) in [5.41, 5.74) is 2.91. The van der Waals surface area contributed by atoms with Gasteiger partial charge in [-0.1, -0.05) is 18.2 Å². The number of para-hydroxylation sites is 1. The smallest absolute Gasteiger partial charge is 0.0473 e. The van der Waals surface area contributed by atoms with Gasteiger partial charge < -0.3 is 10.2 Å². The van der Waals surface area contributed by atoms with E-state index in [1.165, 1.54) is 11.3 Å². The molecule has 0 bridgehead atoms. The van der Waals surface area contributed by atoms with Gasteiger partial charge in [-0.05, 0) is 46.5 Å². The second-order valence-electron chi connectivity index (χ2n) is 6.34. The van der Waals surface area contributed by atoms with Gasteiger partial charge in [0.25, 0.3) is 0 Å². The Morgan fingerprint density at radius 2 is 2.00 bits per heavy atom. The zero-order valence-electron chi connectivity index (χ0n) is 12.9. The van der Waals surface area contributed by atoms with Crippen molar-refractivity contribution in [1.82, 2.24) is 10.2 Å². The Balaban J connectivity index is 2.29. The van der Waals surface area contributed by atoms with Crippen LogP contribution in [0.15, 0.2) is 24.3 Å². The van der Waals surface area contributed by atoms with Gasteiger partial charge >= 0.3 is 0 Å². The maximum Gasteiger partial charge on any atom is 0.0473 e. The highest BCUT2D eigenvalue weighted by molar-refractivity contribution is 5.55. The number of likely N-dealkylation sites (N-methyl/N-ethyl adjacent to an activating group) is 2. The summed E-state index contributed by atoms with van der Waals surface area (Å²) in [5.74, 6) is 0. The number of hydrogen-bond donors (Lipinski definition) is 1. The van der Waals surface area contributed by atoms with Crippen molar-refractivity contribution >= 4 is 5.69 Å². The first-order valence-corrected chi connectivity index (χ1v) is 7.14. The molecule has 1 atom stereocenters. The molecule has 0 amide bonds. The van der Waals surface area contributed by atoms with E-state index in [4.69, 9.17) is 0 Å². The quantitative estimate of drug-likeness (QED) is 0.899. The fourth-order valence-electron chi connectivity index (χ4n) is 3.17. The summed E-state index contributed by atoms with van der Waals surface area (Å²) in [4.78, 5) is 5.05. The molecule has 3 nitrogen and oxygen atoms in total. The van der Waals surface area contributed by atoms with Gasteiger partial charge in [-0.3, -0.25) is 4.90 Å². The number of aryl methyl sites for hydroxylation is 1. The molecule has 19 heavy (non-hydrogen) atoms. The van der Waals surface area contributed by atoms with Gasteiger partial charge in [-0.15, -0.1) is 0 Å². The van der Waals surface area contributed by atoms with E-state index in [1.807, 2.05) is 7.05 Å². The molecule has 1 aliphatic heterocycles. The monoisotopic (exact) mass is 261 g/mol. The highest BCUT2D eigenvalue weighted by Crippen LogP contribution is 2.31. The molecular formula is C16H27N3. The Hall–Kier alpha value is -1.06. The average Bonchev–Trinajstić information content (AvgIpc) is 2.33. The summed E-state index contributed by atoms with van der Waals surface area (Å²) in [6.45, 7) is 10.1. The van der Waals surface area contributed by atoms with E-state index in [0.29, 0.717) is 6.04 Å². The summed E-state index contributed by atoms with van der Waals surface area (Å²) in [6, 6.07) is 9.28. The first-order valence-electron chi connectivity index (χ1n) is 7.14. The number of piperazine rings is 1. The fourth-order valence-corrected chi connectivity index (χ4v) is 3.17. The lowest BCUT2D eigenvalue weighted by Gasteiger charge is -2.51. The summed E-state index contributed by atoms with van der Waals surface area (Å²) in [7, 11) is 4.27. The van der Waals surface area contributed by atoms with Crippen LogP contribution in [0.25, 0.3) is 0 Å².